The van der Waals surface area contributed by atoms with E-state index in [9.17, 15) is 0 Å². The second-order valence-electron chi connectivity index (χ2n) is 4.86. The number of aryl methyl sites for hydroxylation is 3. The van der Waals surface area contributed by atoms with Gasteiger partial charge in [0.2, 0.25) is 5.95 Å². The zero-order chi connectivity index (χ0) is 14.3. The molecule has 102 valence electrons. The fourth-order valence-electron chi connectivity index (χ4n) is 2.14. The molecule has 0 saturated carbocycles. The van der Waals surface area contributed by atoms with Gasteiger partial charge in [-0.25, -0.2) is 9.97 Å². The van der Waals surface area contributed by atoms with E-state index in [0.717, 1.165) is 21.5 Å². The monoisotopic (exact) mass is 303 g/mol. The van der Waals surface area contributed by atoms with Crippen LogP contribution in [0.25, 0.3) is 10.2 Å². The highest BCUT2D eigenvalue weighted by Crippen LogP contribution is 2.30. The number of halogens is 1. The zero-order valence-electron chi connectivity index (χ0n) is 11.5. The SMILES string of the molecule is Cc1ccc(Nc2nc(Cl)c3cc(C)sc3n2)c(C)c1. The van der Waals surface area contributed by atoms with E-state index in [1.165, 1.54) is 10.4 Å². The third-order valence-electron chi connectivity index (χ3n) is 3.10. The van der Waals surface area contributed by atoms with Gasteiger partial charge in [0.25, 0.3) is 0 Å². The second kappa shape index (κ2) is 5.04. The molecule has 3 rings (SSSR count). The van der Waals surface area contributed by atoms with Crippen molar-refractivity contribution in [2.24, 2.45) is 0 Å². The van der Waals surface area contributed by atoms with Gasteiger partial charge in [-0.3, -0.25) is 0 Å². The van der Waals surface area contributed by atoms with Crippen LogP contribution in [-0.4, -0.2) is 9.97 Å². The van der Waals surface area contributed by atoms with Gasteiger partial charge < -0.3 is 5.32 Å². The van der Waals surface area contributed by atoms with Gasteiger partial charge >= 0.3 is 0 Å². The first-order chi connectivity index (χ1) is 9.52. The first-order valence-corrected chi connectivity index (χ1v) is 7.50. The lowest BCUT2D eigenvalue weighted by Gasteiger charge is -2.09. The predicted molar refractivity (Wildman–Crippen MR) is 86.4 cm³/mol. The smallest absolute Gasteiger partial charge is 0.230 e. The molecule has 0 unspecified atom stereocenters. The lowest BCUT2D eigenvalue weighted by atomic mass is 10.1. The highest BCUT2D eigenvalue weighted by atomic mass is 35.5. The van der Waals surface area contributed by atoms with Gasteiger partial charge in [-0.2, -0.15) is 0 Å². The van der Waals surface area contributed by atoms with Crippen molar-refractivity contribution >= 4 is 44.8 Å². The molecular formula is C15H14ClN3S. The maximum atomic E-state index is 6.22. The summed E-state index contributed by atoms with van der Waals surface area (Å²) in [6.07, 6.45) is 0. The maximum Gasteiger partial charge on any atom is 0.230 e. The van der Waals surface area contributed by atoms with Crippen molar-refractivity contribution in [3.8, 4) is 0 Å². The standard InChI is InChI=1S/C15H14ClN3S/c1-8-4-5-12(9(2)6-8)17-15-18-13(16)11-7-10(3)20-14(11)19-15/h4-7H,1-3H3,(H,17,18,19). The molecule has 0 saturated heterocycles. The van der Waals surface area contributed by atoms with Gasteiger partial charge in [-0.05, 0) is 38.5 Å². The molecular weight excluding hydrogens is 290 g/mol. The van der Waals surface area contributed by atoms with Crippen molar-refractivity contribution in [3.05, 3.63) is 45.4 Å². The maximum absolute atomic E-state index is 6.22. The molecule has 0 aliphatic carbocycles. The van der Waals surface area contributed by atoms with E-state index in [-0.39, 0.29) is 0 Å². The van der Waals surface area contributed by atoms with Crippen LogP contribution in [0.4, 0.5) is 11.6 Å². The number of anilines is 2. The minimum absolute atomic E-state index is 0.492. The van der Waals surface area contributed by atoms with E-state index in [1.54, 1.807) is 11.3 Å². The van der Waals surface area contributed by atoms with E-state index in [2.05, 4.69) is 41.3 Å². The van der Waals surface area contributed by atoms with Crippen LogP contribution in [-0.2, 0) is 0 Å². The summed E-state index contributed by atoms with van der Waals surface area (Å²) in [4.78, 5) is 10.9. The van der Waals surface area contributed by atoms with E-state index >= 15 is 0 Å². The number of thiophene rings is 1. The number of hydrogen-bond donors (Lipinski definition) is 1. The molecule has 0 radical (unpaired) electrons. The van der Waals surface area contributed by atoms with Gasteiger partial charge in [-0.15, -0.1) is 11.3 Å². The van der Waals surface area contributed by atoms with Crippen molar-refractivity contribution in [3.63, 3.8) is 0 Å². The van der Waals surface area contributed by atoms with Crippen LogP contribution in [0.1, 0.15) is 16.0 Å². The minimum atomic E-state index is 0.492. The third kappa shape index (κ3) is 2.49. The van der Waals surface area contributed by atoms with Crippen LogP contribution >= 0.6 is 22.9 Å². The van der Waals surface area contributed by atoms with Gasteiger partial charge in [0, 0.05) is 16.0 Å². The molecule has 1 aromatic carbocycles. The van der Waals surface area contributed by atoms with Crippen molar-refractivity contribution in [2.45, 2.75) is 20.8 Å². The molecule has 1 N–H and O–H groups in total. The highest BCUT2D eigenvalue weighted by molar-refractivity contribution is 7.18. The normalized spacial score (nSPS) is 11.0. The fourth-order valence-corrected chi connectivity index (χ4v) is 3.30. The summed E-state index contributed by atoms with van der Waals surface area (Å²) >= 11 is 7.84. The molecule has 0 spiro atoms. The van der Waals surface area contributed by atoms with Crippen LogP contribution in [0.5, 0.6) is 0 Å². The van der Waals surface area contributed by atoms with Crippen LogP contribution < -0.4 is 5.32 Å². The largest absolute Gasteiger partial charge is 0.324 e. The molecule has 0 atom stereocenters. The van der Waals surface area contributed by atoms with E-state index < -0.39 is 0 Å². The van der Waals surface area contributed by atoms with Crippen LogP contribution in [0, 0.1) is 20.8 Å². The Morgan fingerprint density at radius 2 is 1.90 bits per heavy atom. The average molecular weight is 304 g/mol. The zero-order valence-corrected chi connectivity index (χ0v) is 13.1. The lowest BCUT2D eigenvalue weighted by molar-refractivity contribution is 1.21. The van der Waals surface area contributed by atoms with E-state index in [4.69, 9.17) is 11.6 Å². The number of benzene rings is 1. The summed E-state index contributed by atoms with van der Waals surface area (Å²) < 4.78 is 0. The molecule has 2 heterocycles. The van der Waals surface area contributed by atoms with Gasteiger partial charge in [-0.1, -0.05) is 29.3 Å². The van der Waals surface area contributed by atoms with Gasteiger partial charge in [0.15, 0.2) is 0 Å². The van der Waals surface area contributed by atoms with Crippen LogP contribution in [0.15, 0.2) is 24.3 Å². The van der Waals surface area contributed by atoms with Gasteiger partial charge in [0.05, 0.1) is 0 Å². The van der Waals surface area contributed by atoms with Crippen molar-refractivity contribution in [1.29, 1.82) is 0 Å². The molecule has 2 aromatic heterocycles. The summed E-state index contributed by atoms with van der Waals surface area (Å²) in [6.45, 7) is 6.18. The first kappa shape index (κ1) is 13.3. The highest BCUT2D eigenvalue weighted by Gasteiger charge is 2.09. The van der Waals surface area contributed by atoms with Crippen molar-refractivity contribution in [2.75, 3.05) is 5.32 Å². The summed E-state index contributed by atoms with van der Waals surface area (Å²) in [5, 5.41) is 4.65. The number of hydrogen-bond acceptors (Lipinski definition) is 4. The van der Waals surface area contributed by atoms with Crippen LogP contribution in [0.2, 0.25) is 5.15 Å². The van der Waals surface area contributed by atoms with E-state index in [1.807, 2.05) is 19.1 Å². The Morgan fingerprint density at radius 1 is 1.10 bits per heavy atom. The molecule has 5 heteroatoms. The molecule has 0 aliphatic heterocycles. The molecule has 3 aromatic rings. The molecule has 0 amide bonds. The number of nitrogens with zero attached hydrogens (tertiary/aromatic N) is 2. The van der Waals surface area contributed by atoms with Crippen molar-refractivity contribution in [1.82, 2.24) is 9.97 Å². The Morgan fingerprint density at radius 3 is 2.65 bits per heavy atom. The lowest BCUT2D eigenvalue weighted by Crippen LogP contribution is -1.99. The minimum Gasteiger partial charge on any atom is -0.324 e. The Hall–Kier alpha value is -1.65. The third-order valence-corrected chi connectivity index (χ3v) is 4.33. The molecule has 3 nitrogen and oxygen atoms in total. The Kier molecular flexibility index (Phi) is 3.36. The molecule has 20 heavy (non-hydrogen) atoms. The van der Waals surface area contributed by atoms with Crippen LogP contribution in [0.3, 0.4) is 0 Å². The molecule has 0 fully saturated rings. The predicted octanol–water partition coefficient (Wildman–Crippen LogP) is 5.01. The molecule has 0 aliphatic rings. The fraction of sp³-hybridized carbons (Fsp3) is 0.200. The van der Waals surface area contributed by atoms with Gasteiger partial charge in [0.1, 0.15) is 9.98 Å². The Bertz CT molecular complexity index is 795. The van der Waals surface area contributed by atoms with Crippen molar-refractivity contribution < 1.29 is 0 Å². The summed E-state index contributed by atoms with van der Waals surface area (Å²) in [6, 6.07) is 8.23. The second-order valence-corrected chi connectivity index (χ2v) is 6.45. The topological polar surface area (TPSA) is 37.8 Å². The summed E-state index contributed by atoms with van der Waals surface area (Å²) in [5.74, 6) is 0.538. The number of rotatable bonds is 2. The van der Waals surface area contributed by atoms with E-state index in [0.29, 0.717) is 11.1 Å². The molecule has 0 bridgehead atoms. The number of fused-ring (bicyclic) bond motifs is 1. The number of aromatic nitrogens is 2. The Labute approximate surface area is 126 Å². The first-order valence-electron chi connectivity index (χ1n) is 6.31. The Balaban J connectivity index is 2.02. The number of nitrogens with one attached hydrogen (secondary N) is 1. The summed E-state index contributed by atoms with van der Waals surface area (Å²) in [5.41, 5.74) is 3.39. The quantitative estimate of drug-likeness (QED) is 0.676. The average Bonchev–Trinajstić information content (AvgIpc) is 2.74. The summed E-state index contributed by atoms with van der Waals surface area (Å²) in [7, 11) is 0.